The van der Waals surface area contributed by atoms with Crippen molar-refractivity contribution in [1.82, 2.24) is 5.32 Å². The van der Waals surface area contributed by atoms with E-state index in [1.54, 1.807) is 0 Å². The zero-order valence-corrected chi connectivity index (χ0v) is 12.7. The first-order valence-electron chi connectivity index (χ1n) is 7.19. The maximum absolute atomic E-state index is 5.81. The van der Waals surface area contributed by atoms with Crippen LogP contribution < -0.4 is 10.1 Å². The Labute approximate surface area is 117 Å². The quantitative estimate of drug-likeness (QED) is 0.711. The number of nitrogens with one attached hydrogen (secondary N) is 1. The second kappa shape index (κ2) is 8.76. The fourth-order valence-corrected chi connectivity index (χ4v) is 1.99. The van der Waals surface area contributed by atoms with Gasteiger partial charge in [-0.2, -0.15) is 0 Å². The highest BCUT2D eigenvalue weighted by atomic mass is 16.5. The zero-order chi connectivity index (χ0) is 14.1. The van der Waals surface area contributed by atoms with Crippen LogP contribution in [0.25, 0.3) is 0 Å². The molecular weight excluding hydrogens is 234 g/mol. The molecule has 0 saturated heterocycles. The molecule has 0 radical (unpaired) electrons. The van der Waals surface area contributed by atoms with Crippen molar-refractivity contribution in [3.8, 4) is 5.75 Å². The normalized spacial score (nSPS) is 12.0. The van der Waals surface area contributed by atoms with Gasteiger partial charge in [-0.15, -0.1) is 0 Å². The van der Waals surface area contributed by atoms with Crippen molar-refractivity contribution in [1.29, 1.82) is 0 Å². The summed E-state index contributed by atoms with van der Waals surface area (Å²) < 4.78 is 5.81. The first-order valence-corrected chi connectivity index (χ1v) is 7.19. The summed E-state index contributed by atoms with van der Waals surface area (Å²) in [5.74, 6) is 0.964. The Kier molecular flexibility index (Phi) is 7.27. The Morgan fingerprint density at radius 1 is 1.37 bits per heavy atom. The Bertz CT molecular complexity index is 394. The van der Waals surface area contributed by atoms with E-state index in [1.807, 2.05) is 12.1 Å². The molecule has 0 aromatic heterocycles. The fraction of sp³-hybridized carbons (Fsp3) is 0.529. The molecule has 0 fully saturated rings. The number of allylic oxidation sites excluding steroid dienone is 1. The van der Waals surface area contributed by atoms with Crippen molar-refractivity contribution in [3.05, 3.63) is 41.5 Å². The van der Waals surface area contributed by atoms with E-state index >= 15 is 0 Å². The second-order valence-electron chi connectivity index (χ2n) is 5.26. The van der Waals surface area contributed by atoms with Crippen LogP contribution in [0.2, 0.25) is 0 Å². The van der Waals surface area contributed by atoms with E-state index in [9.17, 15) is 0 Å². The summed E-state index contributed by atoms with van der Waals surface area (Å²) in [6.45, 7) is 10.4. The lowest BCUT2D eigenvalue weighted by Gasteiger charge is -2.16. The lowest BCUT2D eigenvalue weighted by atomic mass is 10.1. The highest BCUT2D eigenvalue weighted by molar-refractivity contribution is 5.27. The van der Waals surface area contributed by atoms with Crippen molar-refractivity contribution < 1.29 is 4.74 Å². The minimum Gasteiger partial charge on any atom is -0.494 e. The van der Waals surface area contributed by atoms with Crippen molar-refractivity contribution >= 4 is 0 Å². The number of ether oxygens (including phenoxy) is 1. The molecule has 2 nitrogen and oxygen atoms in total. The molecule has 0 aliphatic heterocycles. The van der Waals surface area contributed by atoms with Crippen LogP contribution in [0.1, 0.15) is 39.2 Å². The third-order valence-electron chi connectivity index (χ3n) is 2.88. The average molecular weight is 261 g/mol. The van der Waals surface area contributed by atoms with Gasteiger partial charge in [0, 0.05) is 12.5 Å². The second-order valence-corrected chi connectivity index (χ2v) is 5.26. The molecule has 0 aliphatic rings. The Morgan fingerprint density at radius 3 is 2.79 bits per heavy atom. The van der Waals surface area contributed by atoms with E-state index in [-0.39, 0.29) is 0 Å². The van der Waals surface area contributed by atoms with Crippen LogP contribution in [-0.4, -0.2) is 19.2 Å². The molecule has 0 heterocycles. The summed E-state index contributed by atoms with van der Waals surface area (Å²) in [5, 5.41) is 3.54. The Morgan fingerprint density at radius 2 is 2.16 bits per heavy atom. The molecule has 106 valence electrons. The molecule has 0 spiro atoms. The van der Waals surface area contributed by atoms with E-state index in [0.717, 1.165) is 31.7 Å². The number of benzene rings is 1. The molecule has 1 rings (SSSR count). The molecule has 1 aromatic carbocycles. The summed E-state index contributed by atoms with van der Waals surface area (Å²) in [4.78, 5) is 0. The minimum atomic E-state index is 0.412. The van der Waals surface area contributed by atoms with Crippen molar-refractivity contribution in [2.45, 2.75) is 46.6 Å². The number of hydrogen-bond acceptors (Lipinski definition) is 2. The maximum Gasteiger partial charge on any atom is 0.119 e. The zero-order valence-electron chi connectivity index (χ0n) is 12.7. The first-order chi connectivity index (χ1) is 9.11. The van der Waals surface area contributed by atoms with Crippen molar-refractivity contribution in [2.24, 2.45) is 0 Å². The van der Waals surface area contributed by atoms with Crippen LogP contribution in [0.15, 0.2) is 35.9 Å². The smallest absolute Gasteiger partial charge is 0.119 e. The van der Waals surface area contributed by atoms with E-state index in [2.05, 4.69) is 51.2 Å². The van der Waals surface area contributed by atoms with Crippen LogP contribution in [0, 0.1) is 6.92 Å². The SMILES string of the molecule is CCCNC(C=C(C)C)CCOc1cccc(C)c1. The van der Waals surface area contributed by atoms with Gasteiger partial charge >= 0.3 is 0 Å². The van der Waals surface area contributed by atoms with Crippen LogP contribution in [-0.2, 0) is 0 Å². The standard InChI is InChI=1S/C17H27NO/c1-5-10-18-16(12-14(2)3)9-11-19-17-8-6-7-15(4)13-17/h6-8,12-13,16,18H,5,9-11H2,1-4H3. The lowest BCUT2D eigenvalue weighted by molar-refractivity contribution is 0.296. The van der Waals surface area contributed by atoms with Crippen LogP contribution in [0.3, 0.4) is 0 Å². The Hall–Kier alpha value is -1.28. The van der Waals surface area contributed by atoms with Gasteiger partial charge in [0.25, 0.3) is 0 Å². The maximum atomic E-state index is 5.81. The average Bonchev–Trinajstić information content (AvgIpc) is 2.35. The highest BCUT2D eigenvalue weighted by Crippen LogP contribution is 2.13. The fourth-order valence-electron chi connectivity index (χ4n) is 1.99. The predicted molar refractivity (Wildman–Crippen MR) is 82.8 cm³/mol. The summed E-state index contributed by atoms with van der Waals surface area (Å²) in [6.07, 6.45) is 4.44. The van der Waals surface area contributed by atoms with Gasteiger partial charge in [0.15, 0.2) is 0 Å². The number of hydrogen-bond donors (Lipinski definition) is 1. The van der Waals surface area contributed by atoms with E-state index in [0.29, 0.717) is 6.04 Å². The number of rotatable bonds is 8. The van der Waals surface area contributed by atoms with Gasteiger partial charge < -0.3 is 10.1 Å². The van der Waals surface area contributed by atoms with Gasteiger partial charge in [-0.05, 0) is 51.4 Å². The third kappa shape index (κ3) is 7.02. The summed E-state index contributed by atoms with van der Waals surface area (Å²) in [5.41, 5.74) is 2.59. The molecule has 0 saturated carbocycles. The minimum absolute atomic E-state index is 0.412. The van der Waals surface area contributed by atoms with Gasteiger partial charge in [0.05, 0.1) is 6.61 Å². The molecule has 1 atom stereocenters. The molecule has 0 bridgehead atoms. The van der Waals surface area contributed by atoms with E-state index < -0.39 is 0 Å². The number of aryl methyl sites for hydroxylation is 1. The topological polar surface area (TPSA) is 21.3 Å². The van der Waals surface area contributed by atoms with Gasteiger partial charge in [-0.3, -0.25) is 0 Å². The van der Waals surface area contributed by atoms with Gasteiger partial charge in [-0.25, -0.2) is 0 Å². The van der Waals surface area contributed by atoms with Crippen LogP contribution in [0.5, 0.6) is 5.75 Å². The Balaban J connectivity index is 2.41. The summed E-state index contributed by atoms with van der Waals surface area (Å²) >= 11 is 0. The van der Waals surface area contributed by atoms with Crippen LogP contribution in [0.4, 0.5) is 0 Å². The molecule has 1 N–H and O–H groups in total. The van der Waals surface area contributed by atoms with Gasteiger partial charge in [0.2, 0.25) is 0 Å². The molecule has 0 amide bonds. The molecule has 1 aromatic rings. The molecule has 19 heavy (non-hydrogen) atoms. The predicted octanol–water partition coefficient (Wildman–Crippen LogP) is 4.10. The monoisotopic (exact) mass is 261 g/mol. The van der Waals surface area contributed by atoms with E-state index in [4.69, 9.17) is 4.74 Å². The van der Waals surface area contributed by atoms with Crippen LogP contribution >= 0.6 is 0 Å². The molecule has 0 aliphatic carbocycles. The largest absolute Gasteiger partial charge is 0.494 e. The lowest BCUT2D eigenvalue weighted by Crippen LogP contribution is -2.29. The summed E-state index contributed by atoms with van der Waals surface area (Å²) in [7, 11) is 0. The van der Waals surface area contributed by atoms with Gasteiger partial charge in [-0.1, -0.05) is 30.7 Å². The molecular formula is C17H27NO. The van der Waals surface area contributed by atoms with Crippen molar-refractivity contribution in [2.75, 3.05) is 13.2 Å². The van der Waals surface area contributed by atoms with E-state index in [1.165, 1.54) is 11.1 Å². The first kappa shape index (κ1) is 15.8. The van der Waals surface area contributed by atoms with Gasteiger partial charge in [0.1, 0.15) is 5.75 Å². The van der Waals surface area contributed by atoms with Crippen molar-refractivity contribution in [3.63, 3.8) is 0 Å². The third-order valence-corrected chi connectivity index (χ3v) is 2.88. The molecule has 1 unspecified atom stereocenters. The summed E-state index contributed by atoms with van der Waals surface area (Å²) in [6, 6.07) is 8.63. The highest BCUT2D eigenvalue weighted by Gasteiger charge is 2.04. The molecule has 2 heteroatoms.